The zero-order valence-electron chi connectivity index (χ0n) is 13.2. The Morgan fingerprint density at radius 1 is 1.17 bits per heavy atom. The molecule has 0 radical (unpaired) electrons. The lowest BCUT2D eigenvalue weighted by atomic mass is 10.0. The monoisotopic (exact) mass is 334 g/mol. The van der Waals surface area contributed by atoms with Gasteiger partial charge < -0.3 is 9.84 Å². The van der Waals surface area contributed by atoms with Crippen molar-refractivity contribution in [1.82, 2.24) is 0 Å². The van der Waals surface area contributed by atoms with Crippen molar-refractivity contribution in [2.45, 2.75) is 25.2 Å². The van der Waals surface area contributed by atoms with Gasteiger partial charge in [-0.2, -0.15) is 0 Å². The fourth-order valence-corrected chi connectivity index (χ4v) is 3.05. The number of carboxylic acid groups (broad SMARTS) is 1. The maximum atomic E-state index is 12.0. The van der Waals surface area contributed by atoms with Crippen LogP contribution >= 0.6 is 0 Å². The molecule has 2 aromatic carbocycles. The first-order valence-corrected chi connectivity index (χ1v) is 8.97. The highest BCUT2D eigenvalue weighted by Crippen LogP contribution is 2.33. The third kappa shape index (κ3) is 3.71. The first-order chi connectivity index (χ1) is 10.7. The Bertz CT molecular complexity index is 853. The van der Waals surface area contributed by atoms with E-state index in [2.05, 4.69) is 0 Å². The first kappa shape index (κ1) is 17.0. The Balaban J connectivity index is 2.66. The lowest BCUT2D eigenvalue weighted by molar-refractivity contribution is 0.0695. The molecular formula is C17H18O5S. The number of ether oxygens (including phenoxy) is 1. The van der Waals surface area contributed by atoms with Crippen LogP contribution in [0.5, 0.6) is 11.5 Å². The smallest absolute Gasteiger partial charge is 0.336 e. The van der Waals surface area contributed by atoms with Gasteiger partial charge >= 0.3 is 5.97 Å². The summed E-state index contributed by atoms with van der Waals surface area (Å²) in [7, 11) is -3.64. The van der Waals surface area contributed by atoms with Gasteiger partial charge in [0.25, 0.3) is 0 Å². The second kappa shape index (κ2) is 6.42. The molecule has 0 fully saturated rings. The number of hydrogen-bond acceptors (Lipinski definition) is 4. The first-order valence-electron chi connectivity index (χ1n) is 7.07. The molecule has 2 aromatic rings. The van der Waals surface area contributed by atoms with Crippen molar-refractivity contribution in [2.24, 2.45) is 0 Å². The average molecular weight is 334 g/mol. The van der Waals surface area contributed by atoms with E-state index in [0.29, 0.717) is 17.7 Å². The normalized spacial score (nSPS) is 11.3. The second-order valence-corrected chi connectivity index (χ2v) is 7.24. The zero-order valence-corrected chi connectivity index (χ0v) is 14.0. The molecule has 0 amide bonds. The standard InChI is InChI=1S/C17H18O5S/c1-4-12-9-15(22-14-8-6-5-7-11(14)2)16(23(3,20)21)10-13(12)17(18)19/h5-10H,4H2,1-3H3,(H,18,19). The van der Waals surface area contributed by atoms with Crippen molar-refractivity contribution in [1.29, 1.82) is 0 Å². The van der Waals surface area contributed by atoms with Crippen LogP contribution in [0.2, 0.25) is 0 Å². The molecule has 6 heteroatoms. The highest BCUT2D eigenvalue weighted by molar-refractivity contribution is 7.90. The van der Waals surface area contributed by atoms with Gasteiger partial charge in [-0.05, 0) is 42.7 Å². The molecule has 122 valence electrons. The number of para-hydroxylation sites is 1. The van der Waals surface area contributed by atoms with Crippen molar-refractivity contribution in [2.75, 3.05) is 6.26 Å². The maximum absolute atomic E-state index is 12.0. The molecule has 23 heavy (non-hydrogen) atoms. The van der Waals surface area contributed by atoms with E-state index in [0.717, 1.165) is 11.8 Å². The van der Waals surface area contributed by atoms with Crippen LogP contribution in [-0.2, 0) is 16.3 Å². The molecule has 0 aliphatic carbocycles. The number of carboxylic acids is 1. The molecule has 5 nitrogen and oxygen atoms in total. The summed E-state index contributed by atoms with van der Waals surface area (Å²) in [4.78, 5) is 11.2. The predicted octanol–water partition coefficient (Wildman–Crippen LogP) is 3.45. The van der Waals surface area contributed by atoms with Gasteiger partial charge in [-0.3, -0.25) is 0 Å². The van der Waals surface area contributed by atoms with Gasteiger partial charge in [0.2, 0.25) is 0 Å². The van der Waals surface area contributed by atoms with Crippen molar-refractivity contribution >= 4 is 15.8 Å². The largest absolute Gasteiger partial charge is 0.478 e. The molecule has 0 heterocycles. The molecule has 0 aliphatic heterocycles. The highest BCUT2D eigenvalue weighted by Gasteiger charge is 2.21. The SMILES string of the molecule is CCc1cc(Oc2ccccc2C)c(S(C)(=O)=O)cc1C(=O)O. The van der Waals surface area contributed by atoms with Crippen LogP contribution in [0, 0.1) is 6.92 Å². The molecule has 0 aromatic heterocycles. The van der Waals surface area contributed by atoms with E-state index >= 15 is 0 Å². The van der Waals surface area contributed by atoms with Crippen molar-refractivity contribution < 1.29 is 23.1 Å². The topological polar surface area (TPSA) is 80.7 Å². The Hall–Kier alpha value is -2.34. The van der Waals surface area contributed by atoms with Crippen LogP contribution in [0.25, 0.3) is 0 Å². The number of sulfone groups is 1. The van der Waals surface area contributed by atoms with Gasteiger partial charge in [0, 0.05) is 6.26 Å². The minimum Gasteiger partial charge on any atom is -0.478 e. The fraction of sp³-hybridized carbons (Fsp3) is 0.235. The third-order valence-corrected chi connectivity index (χ3v) is 4.61. The van der Waals surface area contributed by atoms with E-state index in [9.17, 15) is 18.3 Å². The van der Waals surface area contributed by atoms with Gasteiger partial charge in [-0.1, -0.05) is 25.1 Å². The van der Waals surface area contributed by atoms with Crippen LogP contribution < -0.4 is 4.74 Å². The van der Waals surface area contributed by atoms with Crippen molar-refractivity contribution in [3.8, 4) is 11.5 Å². The minimum absolute atomic E-state index is 0.0231. The van der Waals surface area contributed by atoms with Gasteiger partial charge in [-0.15, -0.1) is 0 Å². The molecule has 0 atom stereocenters. The number of hydrogen-bond donors (Lipinski definition) is 1. The lowest BCUT2D eigenvalue weighted by Crippen LogP contribution is -2.08. The molecule has 0 aliphatic rings. The van der Waals surface area contributed by atoms with E-state index in [-0.39, 0.29) is 16.2 Å². The van der Waals surface area contributed by atoms with Crippen molar-refractivity contribution in [3.63, 3.8) is 0 Å². The summed E-state index contributed by atoms with van der Waals surface area (Å²) in [5.41, 5.74) is 1.35. The molecule has 0 spiro atoms. The molecule has 2 rings (SSSR count). The Labute approximate surface area is 135 Å². The van der Waals surface area contributed by atoms with E-state index in [1.54, 1.807) is 19.1 Å². The number of aryl methyl sites for hydroxylation is 2. The van der Waals surface area contributed by atoms with Gasteiger partial charge in [0.15, 0.2) is 9.84 Å². The van der Waals surface area contributed by atoms with E-state index in [4.69, 9.17) is 4.74 Å². The van der Waals surface area contributed by atoms with E-state index in [1.165, 1.54) is 12.1 Å². The molecular weight excluding hydrogens is 316 g/mol. The van der Waals surface area contributed by atoms with Crippen LogP contribution in [-0.4, -0.2) is 25.7 Å². The number of aromatic carboxylic acids is 1. The van der Waals surface area contributed by atoms with Crippen LogP contribution in [0.3, 0.4) is 0 Å². The quantitative estimate of drug-likeness (QED) is 0.906. The summed E-state index contributed by atoms with van der Waals surface area (Å²) in [6, 6.07) is 9.88. The summed E-state index contributed by atoms with van der Waals surface area (Å²) < 4.78 is 29.8. The second-order valence-electron chi connectivity index (χ2n) is 5.25. The zero-order chi connectivity index (χ0) is 17.2. The van der Waals surface area contributed by atoms with Gasteiger partial charge in [0.05, 0.1) is 5.56 Å². The molecule has 0 saturated carbocycles. The van der Waals surface area contributed by atoms with Gasteiger partial charge in [0.1, 0.15) is 16.4 Å². The fourth-order valence-electron chi connectivity index (χ4n) is 2.25. The van der Waals surface area contributed by atoms with Crippen LogP contribution in [0.15, 0.2) is 41.3 Å². The number of benzene rings is 2. The minimum atomic E-state index is -3.64. The Morgan fingerprint density at radius 3 is 2.35 bits per heavy atom. The maximum Gasteiger partial charge on any atom is 0.336 e. The lowest BCUT2D eigenvalue weighted by Gasteiger charge is -2.15. The molecule has 0 unspecified atom stereocenters. The molecule has 1 N–H and O–H groups in total. The number of rotatable bonds is 5. The third-order valence-electron chi connectivity index (χ3n) is 3.49. The Kier molecular flexibility index (Phi) is 4.75. The summed E-state index contributed by atoms with van der Waals surface area (Å²) >= 11 is 0. The van der Waals surface area contributed by atoms with E-state index < -0.39 is 15.8 Å². The predicted molar refractivity (Wildman–Crippen MR) is 87.1 cm³/mol. The summed E-state index contributed by atoms with van der Waals surface area (Å²) in [6.07, 6.45) is 1.49. The molecule has 0 saturated heterocycles. The van der Waals surface area contributed by atoms with E-state index in [1.807, 2.05) is 19.1 Å². The number of carbonyl (C=O) groups is 1. The van der Waals surface area contributed by atoms with Gasteiger partial charge in [-0.25, -0.2) is 13.2 Å². The van der Waals surface area contributed by atoms with Crippen LogP contribution in [0.1, 0.15) is 28.4 Å². The van der Waals surface area contributed by atoms with Crippen LogP contribution in [0.4, 0.5) is 0 Å². The summed E-state index contributed by atoms with van der Waals surface area (Å²) in [5, 5.41) is 9.28. The summed E-state index contributed by atoms with van der Waals surface area (Å²) in [5.74, 6) is -0.486. The Morgan fingerprint density at radius 2 is 1.83 bits per heavy atom. The average Bonchev–Trinajstić information content (AvgIpc) is 2.47. The molecule has 0 bridgehead atoms. The summed E-state index contributed by atoms with van der Waals surface area (Å²) in [6.45, 7) is 3.65. The van der Waals surface area contributed by atoms with Crippen molar-refractivity contribution in [3.05, 3.63) is 53.1 Å². The highest BCUT2D eigenvalue weighted by atomic mass is 32.2.